The molecule has 2 amide bonds. The van der Waals surface area contributed by atoms with E-state index >= 15 is 0 Å². The lowest BCUT2D eigenvalue weighted by Crippen LogP contribution is -2.42. The fourth-order valence-corrected chi connectivity index (χ4v) is 1.62. The van der Waals surface area contributed by atoms with Crippen molar-refractivity contribution in [2.75, 3.05) is 0 Å². The summed E-state index contributed by atoms with van der Waals surface area (Å²) in [6.45, 7) is 0. The number of carbonyl (C=O) groups excluding carboxylic acids is 2. The van der Waals surface area contributed by atoms with E-state index in [2.05, 4.69) is 5.32 Å². The zero-order valence-electron chi connectivity index (χ0n) is 10.6. The van der Waals surface area contributed by atoms with E-state index in [1.165, 1.54) is 18.2 Å². The monoisotopic (exact) mass is 282 g/mol. The van der Waals surface area contributed by atoms with Crippen LogP contribution in [0.1, 0.15) is 18.4 Å². The van der Waals surface area contributed by atoms with Crippen LogP contribution in [0.25, 0.3) is 0 Å². The molecule has 20 heavy (non-hydrogen) atoms. The number of halogens is 1. The van der Waals surface area contributed by atoms with Crippen LogP contribution in [-0.4, -0.2) is 28.9 Å². The largest absolute Gasteiger partial charge is 0.480 e. The number of nitrogens with one attached hydrogen (secondary N) is 1. The molecular formula is C13H15FN2O4. The standard InChI is InChI=1S/C13H15FN2O4/c14-9-3-1-2-8(6-9)7-12(18)16-10(13(19)20)4-5-11(15)17/h1-3,6,10H,4-5,7H2,(H2,15,17)(H,16,18)(H,19,20)/t10-/m1/s1. The SMILES string of the molecule is NC(=O)CC[C@@H](NC(=O)Cc1cccc(F)c1)C(=O)O. The number of hydrogen-bond donors (Lipinski definition) is 3. The molecule has 0 saturated carbocycles. The predicted octanol–water partition coefficient (Wildman–Crippen LogP) is 0.203. The summed E-state index contributed by atoms with van der Waals surface area (Å²) in [6, 6.07) is 4.26. The molecule has 0 bridgehead atoms. The first-order chi connectivity index (χ1) is 9.38. The van der Waals surface area contributed by atoms with Gasteiger partial charge in [-0.3, -0.25) is 9.59 Å². The fourth-order valence-electron chi connectivity index (χ4n) is 1.62. The van der Waals surface area contributed by atoms with Crippen LogP contribution in [0.4, 0.5) is 4.39 Å². The molecule has 0 aliphatic carbocycles. The normalized spacial score (nSPS) is 11.7. The summed E-state index contributed by atoms with van der Waals surface area (Å²) in [5.74, 6) is -2.93. The highest BCUT2D eigenvalue weighted by Crippen LogP contribution is 2.05. The van der Waals surface area contributed by atoms with E-state index in [9.17, 15) is 18.8 Å². The molecule has 1 aromatic carbocycles. The molecule has 0 unspecified atom stereocenters. The fraction of sp³-hybridized carbons (Fsp3) is 0.308. The van der Waals surface area contributed by atoms with E-state index < -0.39 is 29.6 Å². The van der Waals surface area contributed by atoms with Crippen LogP contribution in [0.3, 0.4) is 0 Å². The van der Waals surface area contributed by atoms with Gasteiger partial charge in [0.15, 0.2) is 0 Å². The molecule has 4 N–H and O–H groups in total. The number of carboxylic acids is 1. The average molecular weight is 282 g/mol. The van der Waals surface area contributed by atoms with Crippen molar-refractivity contribution in [1.82, 2.24) is 5.32 Å². The molecule has 0 aromatic heterocycles. The molecule has 0 aliphatic rings. The zero-order chi connectivity index (χ0) is 15.1. The van der Waals surface area contributed by atoms with Crippen LogP contribution in [0.15, 0.2) is 24.3 Å². The molecule has 1 aromatic rings. The third-order valence-corrected chi connectivity index (χ3v) is 2.57. The summed E-state index contributed by atoms with van der Waals surface area (Å²) in [5.41, 5.74) is 5.36. The summed E-state index contributed by atoms with van der Waals surface area (Å²) in [7, 11) is 0. The summed E-state index contributed by atoms with van der Waals surface area (Å²) in [6.07, 6.45) is -0.366. The van der Waals surface area contributed by atoms with Crippen LogP contribution >= 0.6 is 0 Å². The Morgan fingerprint density at radius 3 is 2.60 bits per heavy atom. The van der Waals surface area contributed by atoms with Gasteiger partial charge in [-0.1, -0.05) is 12.1 Å². The van der Waals surface area contributed by atoms with Gasteiger partial charge in [0.2, 0.25) is 11.8 Å². The van der Waals surface area contributed by atoms with E-state index in [-0.39, 0.29) is 19.3 Å². The Morgan fingerprint density at radius 2 is 2.05 bits per heavy atom. The first-order valence-corrected chi connectivity index (χ1v) is 5.93. The van der Waals surface area contributed by atoms with Gasteiger partial charge in [0, 0.05) is 6.42 Å². The Balaban J connectivity index is 2.57. The van der Waals surface area contributed by atoms with Gasteiger partial charge < -0.3 is 16.2 Å². The molecule has 6 nitrogen and oxygen atoms in total. The molecule has 0 fully saturated rings. The Morgan fingerprint density at radius 1 is 1.35 bits per heavy atom. The molecule has 0 spiro atoms. The van der Waals surface area contributed by atoms with Crippen LogP contribution in [0, 0.1) is 5.82 Å². The number of benzene rings is 1. The third-order valence-electron chi connectivity index (χ3n) is 2.57. The molecule has 1 rings (SSSR count). The minimum Gasteiger partial charge on any atom is -0.480 e. The molecule has 108 valence electrons. The summed E-state index contributed by atoms with van der Waals surface area (Å²) in [5, 5.41) is 11.2. The highest BCUT2D eigenvalue weighted by Gasteiger charge is 2.20. The number of carbonyl (C=O) groups is 3. The summed E-state index contributed by atoms with van der Waals surface area (Å²) in [4.78, 5) is 33.2. The minimum atomic E-state index is -1.25. The van der Waals surface area contributed by atoms with Crippen molar-refractivity contribution in [3.05, 3.63) is 35.6 Å². The molecule has 1 atom stereocenters. The number of hydrogen-bond acceptors (Lipinski definition) is 3. The number of nitrogens with two attached hydrogens (primary N) is 1. The van der Waals surface area contributed by atoms with Crippen LogP contribution < -0.4 is 11.1 Å². The number of amides is 2. The zero-order valence-corrected chi connectivity index (χ0v) is 10.6. The van der Waals surface area contributed by atoms with E-state index in [1.807, 2.05) is 0 Å². The Kier molecular flexibility index (Phi) is 5.64. The Labute approximate surface area is 114 Å². The van der Waals surface area contributed by atoms with E-state index in [0.717, 1.165) is 0 Å². The highest BCUT2D eigenvalue weighted by molar-refractivity contribution is 5.85. The van der Waals surface area contributed by atoms with Gasteiger partial charge in [0.1, 0.15) is 11.9 Å². The first-order valence-electron chi connectivity index (χ1n) is 5.93. The number of carboxylic acid groups (broad SMARTS) is 1. The van der Waals surface area contributed by atoms with Crippen molar-refractivity contribution < 1.29 is 23.9 Å². The number of aliphatic carboxylic acids is 1. The molecule has 0 heterocycles. The molecule has 0 saturated heterocycles. The van der Waals surface area contributed by atoms with Gasteiger partial charge in [-0.25, -0.2) is 9.18 Å². The van der Waals surface area contributed by atoms with E-state index in [4.69, 9.17) is 10.8 Å². The lowest BCUT2D eigenvalue weighted by Gasteiger charge is -2.13. The third kappa shape index (κ3) is 5.47. The van der Waals surface area contributed by atoms with Crippen molar-refractivity contribution in [2.45, 2.75) is 25.3 Å². The van der Waals surface area contributed by atoms with Gasteiger partial charge in [0.05, 0.1) is 6.42 Å². The number of rotatable bonds is 7. The molecule has 7 heteroatoms. The van der Waals surface area contributed by atoms with Gasteiger partial charge in [-0.2, -0.15) is 0 Å². The summed E-state index contributed by atoms with van der Waals surface area (Å²) >= 11 is 0. The molecule has 0 radical (unpaired) electrons. The van der Waals surface area contributed by atoms with Crippen LogP contribution in [0.5, 0.6) is 0 Å². The smallest absolute Gasteiger partial charge is 0.326 e. The Bertz CT molecular complexity index is 519. The second-order valence-electron chi connectivity index (χ2n) is 4.27. The maximum atomic E-state index is 12.9. The quantitative estimate of drug-likeness (QED) is 0.663. The van der Waals surface area contributed by atoms with Crippen molar-refractivity contribution in [1.29, 1.82) is 0 Å². The predicted molar refractivity (Wildman–Crippen MR) is 68.1 cm³/mol. The first kappa shape index (κ1) is 15.6. The van der Waals surface area contributed by atoms with E-state index in [0.29, 0.717) is 5.56 Å². The topological polar surface area (TPSA) is 109 Å². The second-order valence-corrected chi connectivity index (χ2v) is 4.27. The van der Waals surface area contributed by atoms with Crippen molar-refractivity contribution in [3.63, 3.8) is 0 Å². The lowest BCUT2D eigenvalue weighted by molar-refractivity contribution is -0.142. The van der Waals surface area contributed by atoms with Gasteiger partial charge in [-0.15, -0.1) is 0 Å². The Hall–Kier alpha value is -2.44. The summed E-state index contributed by atoms with van der Waals surface area (Å²) < 4.78 is 12.9. The maximum absolute atomic E-state index is 12.9. The maximum Gasteiger partial charge on any atom is 0.326 e. The van der Waals surface area contributed by atoms with Gasteiger partial charge in [-0.05, 0) is 24.1 Å². The van der Waals surface area contributed by atoms with Crippen molar-refractivity contribution in [3.8, 4) is 0 Å². The second kappa shape index (κ2) is 7.22. The molecule has 0 aliphatic heterocycles. The lowest BCUT2D eigenvalue weighted by atomic mass is 10.1. The number of primary amides is 1. The van der Waals surface area contributed by atoms with Crippen LogP contribution in [-0.2, 0) is 20.8 Å². The van der Waals surface area contributed by atoms with Gasteiger partial charge >= 0.3 is 5.97 Å². The van der Waals surface area contributed by atoms with Crippen molar-refractivity contribution in [2.24, 2.45) is 5.73 Å². The van der Waals surface area contributed by atoms with Crippen LogP contribution in [0.2, 0.25) is 0 Å². The van der Waals surface area contributed by atoms with Gasteiger partial charge in [0.25, 0.3) is 0 Å². The van der Waals surface area contributed by atoms with Crippen molar-refractivity contribution >= 4 is 17.8 Å². The van der Waals surface area contributed by atoms with E-state index in [1.54, 1.807) is 6.07 Å². The minimum absolute atomic E-state index is 0.0838. The average Bonchev–Trinajstić information content (AvgIpc) is 2.33. The molecular weight excluding hydrogens is 267 g/mol. The highest BCUT2D eigenvalue weighted by atomic mass is 19.1.